The van der Waals surface area contributed by atoms with E-state index in [-0.39, 0.29) is 35.2 Å². The zero-order valence-corrected chi connectivity index (χ0v) is 27.0. The van der Waals surface area contributed by atoms with Crippen molar-refractivity contribution in [2.75, 3.05) is 31.6 Å². The molecule has 0 fully saturated rings. The molecule has 2 amide bonds. The number of hydrogen-bond donors (Lipinski definition) is 1. The third-order valence-electron chi connectivity index (χ3n) is 6.87. The molecule has 0 aromatic heterocycles. The van der Waals surface area contributed by atoms with Crippen LogP contribution in [0.25, 0.3) is 0 Å². The molecule has 0 saturated carbocycles. The second kappa shape index (κ2) is 15.8. The molecule has 1 N–H and O–H groups in total. The number of hydrogen-bond acceptors (Lipinski definition) is 6. The van der Waals surface area contributed by atoms with E-state index in [1.165, 1.54) is 37.3 Å². The maximum absolute atomic E-state index is 14.3. The standard InChI is InChI=1S/C31H37Cl2N3O6S/c1-5-7-18-34-31(38)27(6-2)35(20-24-25(32)14-11-15-26(24)33)30(37)21-36(43(39,40)23-12-9-8-10-13-23)28-19-22(41-3)16-17-29(28)42-4/h8-17,19,27H,5-7,18,20-21H2,1-4H3,(H,34,38)/t27-/m1/s1. The van der Waals surface area contributed by atoms with Crippen LogP contribution < -0.4 is 19.1 Å². The summed E-state index contributed by atoms with van der Waals surface area (Å²) in [5.41, 5.74) is 0.533. The van der Waals surface area contributed by atoms with Gasteiger partial charge in [0.25, 0.3) is 10.0 Å². The lowest BCUT2D eigenvalue weighted by molar-refractivity contribution is -0.140. The first-order chi connectivity index (χ1) is 20.6. The molecule has 232 valence electrons. The summed E-state index contributed by atoms with van der Waals surface area (Å²) in [4.78, 5) is 29.0. The van der Waals surface area contributed by atoms with Gasteiger partial charge in [-0.1, -0.05) is 67.7 Å². The highest BCUT2D eigenvalue weighted by Crippen LogP contribution is 2.36. The van der Waals surface area contributed by atoms with Gasteiger partial charge in [0.2, 0.25) is 11.8 Å². The number of rotatable bonds is 15. The van der Waals surface area contributed by atoms with Crippen LogP contribution in [-0.4, -0.2) is 58.5 Å². The first-order valence-electron chi connectivity index (χ1n) is 13.9. The number of benzene rings is 3. The molecule has 0 unspecified atom stereocenters. The quantitative estimate of drug-likeness (QED) is 0.205. The molecule has 3 rings (SSSR count). The molecule has 0 bridgehead atoms. The van der Waals surface area contributed by atoms with Gasteiger partial charge < -0.3 is 19.7 Å². The molecular weight excluding hydrogens is 613 g/mol. The van der Waals surface area contributed by atoms with Crippen LogP contribution in [0.2, 0.25) is 10.0 Å². The average molecular weight is 651 g/mol. The molecule has 43 heavy (non-hydrogen) atoms. The molecule has 12 heteroatoms. The molecule has 3 aromatic rings. The van der Waals surface area contributed by atoms with Gasteiger partial charge in [0.1, 0.15) is 24.1 Å². The SMILES string of the molecule is CCCCNC(=O)[C@@H](CC)N(Cc1c(Cl)cccc1Cl)C(=O)CN(c1cc(OC)ccc1OC)S(=O)(=O)c1ccccc1. The van der Waals surface area contributed by atoms with Crippen LogP contribution >= 0.6 is 23.2 Å². The Labute approximate surface area is 263 Å². The van der Waals surface area contributed by atoms with Crippen molar-refractivity contribution in [1.29, 1.82) is 0 Å². The molecule has 3 aromatic carbocycles. The van der Waals surface area contributed by atoms with Crippen LogP contribution in [0.1, 0.15) is 38.7 Å². The second-order valence-corrected chi connectivity index (χ2v) is 12.3. The summed E-state index contributed by atoms with van der Waals surface area (Å²) >= 11 is 13.0. The highest BCUT2D eigenvalue weighted by atomic mass is 35.5. The Bertz CT molecular complexity index is 1480. The van der Waals surface area contributed by atoms with Crippen LogP contribution in [-0.2, 0) is 26.2 Å². The van der Waals surface area contributed by atoms with E-state index in [9.17, 15) is 18.0 Å². The van der Waals surface area contributed by atoms with Crippen LogP contribution in [0.4, 0.5) is 5.69 Å². The van der Waals surface area contributed by atoms with Crippen LogP contribution in [0.15, 0.2) is 71.6 Å². The van der Waals surface area contributed by atoms with Gasteiger partial charge in [-0.3, -0.25) is 13.9 Å². The van der Waals surface area contributed by atoms with Crippen LogP contribution in [0, 0.1) is 0 Å². The summed E-state index contributed by atoms with van der Waals surface area (Å²) < 4.78 is 40.0. The molecule has 1 atom stereocenters. The Hall–Kier alpha value is -3.47. The van der Waals surface area contributed by atoms with Gasteiger partial charge in [-0.25, -0.2) is 8.42 Å². The topological polar surface area (TPSA) is 105 Å². The molecule has 9 nitrogen and oxygen atoms in total. The largest absolute Gasteiger partial charge is 0.497 e. The predicted octanol–water partition coefficient (Wildman–Crippen LogP) is 5.93. The van der Waals surface area contributed by atoms with Gasteiger partial charge in [0, 0.05) is 34.8 Å². The second-order valence-electron chi connectivity index (χ2n) is 9.65. The van der Waals surface area contributed by atoms with Crippen molar-refractivity contribution in [1.82, 2.24) is 10.2 Å². The fraction of sp³-hybridized carbons (Fsp3) is 0.355. The fourth-order valence-electron chi connectivity index (χ4n) is 4.50. The van der Waals surface area contributed by atoms with Crippen molar-refractivity contribution in [2.24, 2.45) is 0 Å². The Morgan fingerprint density at radius 3 is 2.19 bits per heavy atom. The maximum Gasteiger partial charge on any atom is 0.264 e. The number of amides is 2. The summed E-state index contributed by atoms with van der Waals surface area (Å²) in [6.45, 7) is 3.46. The minimum Gasteiger partial charge on any atom is -0.497 e. The van der Waals surface area contributed by atoms with Gasteiger partial charge in [-0.2, -0.15) is 0 Å². The van der Waals surface area contributed by atoms with Crippen molar-refractivity contribution >= 4 is 50.7 Å². The number of methoxy groups -OCH3 is 2. The molecule has 0 aliphatic heterocycles. The fourth-order valence-corrected chi connectivity index (χ4v) is 6.46. The number of nitrogens with zero attached hydrogens (tertiary/aromatic N) is 2. The summed E-state index contributed by atoms with van der Waals surface area (Å²) in [5, 5.41) is 3.52. The number of carbonyl (C=O) groups excluding carboxylic acids is 2. The molecular formula is C31H37Cl2N3O6S. The molecule has 0 radical (unpaired) electrons. The molecule has 0 aliphatic carbocycles. The summed E-state index contributed by atoms with van der Waals surface area (Å²) in [6.07, 6.45) is 1.91. The summed E-state index contributed by atoms with van der Waals surface area (Å²) in [7, 11) is -1.45. The van der Waals surface area contributed by atoms with E-state index in [0.29, 0.717) is 27.9 Å². The molecule has 0 spiro atoms. The first kappa shape index (κ1) is 34.0. The first-order valence-corrected chi connectivity index (χ1v) is 16.1. The van der Waals surface area contributed by atoms with Gasteiger partial charge in [-0.05, 0) is 49.2 Å². The highest BCUT2D eigenvalue weighted by molar-refractivity contribution is 7.92. The number of unbranched alkanes of at least 4 members (excludes halogenated alkanes) is 1. The zero-order valence-electron chi connectivity index (χ0n) is 24.7. The van der Waals surface area contributed by atoms with Crippen molar-refractivity contribution in [3.8, 4) is 11.5 Å². The van der Waals surface area contributed by atoms with Gasteiger partial charge in [0.05, 0.1) is 24.8 Å². The normalized spacial score (nSPS) is 11.9. The number of ether oxygens (including phenoxy) is 2. The van der Waals surface area contributed by atoms with E-state index in [1.54, 1.807) is 55.5 Å². The summed E-state index contributed by atoms with van der Waals surface area (Å²) in [6, 6.07) is 16.5. The summed E-state index contributed by atoms with van der Waals surface area (Å²) in [5.74, 6) is -0.433. The van der Waals surface area contributed by atoms with Crippen LogP contribution in [0.3, 0.4) is 0 Å². The number of anilines is 1. The minimum absolute atomic E-state index is 0.0299. The predicted molar refractivity (Wildman–Crippen MR) is 170 cm³/mol. The minimum atomic E-state index is -4.30. The van der Waals surface area contributed by atoms with E-state index in [1.807, 2.05) is 6.92 Å². The van der Waals surface area contributed by atoms with Crippen molar-refractivity contribution in [3.05, 3.63) is 82.3 Å². The Balaban J connectivity index is 2.15. The third kappa shape index (κ3) is 8.34. The third-order valence-corrected chi connectivity index (χ3v) is 9.35. The van der Waals surface area contributed by atoms with Crippen molar-refractivity contribution < 1.29 is 27.5 Å². The number of carbonyl (C=O) groups is 2. The lowest BCUT2D eigenvalue weighted by Gasteiger charge is -2.34. The smallest absolute Gasteiger partial charge is 0.264 e. The van der Waals surface area contributed by atoms with E-state index < -0.39 is 28.5 Å². The number of nitrogens with one attached hydrogen (secondary N) is 1. The van der Waals surface area contributed by atoms with E-state index in [0.717, 1.165) is 17.1 Å². The highest BCUT2D eigenvalue weighted by Gasteiger charge is 2.35. The lowest BCUT2D eigenvalue weighted by Crippen LogP contribution is -2.52. The monoisotopic (exact) mass is 649 g/mol. The van der Waals surface area contributed by atoms with E-state index >= 15 is 0 Å². The molecule has 0 saturated heterocycles. The molecule has 0 aliphatic rings. The molecule has 0 heterocycles. The lowest BCUT2D eigenvalue weighted by atomic mass is 10.1. The van der Waals surface area contributed by atoms with Gasteiger partial charge in [0.15, 0.2) is 0 Å². The Morgan fingerprint density at radius 1 is 0.930 bits per heavy atom. The van der Waals surface area contributed by atoms with Gasteiger partial charge >= 0.3 is 0 Å². The zero-order chi connectivity index (χ0) is 31.6. The van der Waals surface area contributed by atoms with Gasteiger partial charge in [-0.15, -0.1) is 0 Å². The van der Waals surface area contributed by atoms with Crippen molar-refractivity contribution in [2.45, 2.75) is 50.6 Å². The number of sulfonamides is 1. The number of halogens is 2. The van der Waals surface area contributed by atoms with Crippen LogP contribution in [0.5, 0.6) is 11.5 Å². The van der Waals surface area contributed by atoms with E-state index in [2.05, 4.69) is 5.32 Å². The maximum atomic E-state index is 14.3. The van der Waals surface area contributed by atoms with Crippen molar-refractivity contribution in [3.63, 3.8) is 0 Å². The average Bonchev–Trinajstić information content (AvgIpc) is 3.01. The Kier molecular flexibility index (Phi) is 12.5. The Morgan fingerprint density at radius 2 is 1.60 bits per heavy atom. The van der Waals surface area contributed by atoms with E-state index in [4.69, 9.17) is 32.7 Å².